The van der Waals surface area contributed by atoms with E-state index < -0.39 is 11.5 Å². The van der Waals surface area contributed by atoms with Gasteiger partial charge >= 0.3 is 12.0 Å². The van der Waals surface area contributed by atoms with Gasteiger partial charge in [-0.15, -0.1) is 0 Å². The maximum atomic E-state index is 13.1. The number of hydrogen-bond acceptors (Lipinski definition) is 4. The Balaban J connectivity index is 2.36. The lowest BCUT2D eigenvalue weighted by atomic mass is 10.0. The number of carbonyl (C=O) groups is 2. The van der Waals surface area contributed by atoms with E-state index in [1.807, 2.05) is 30.3 Å². The Morgan fingerprint density at radius 1 is 1.21 bits per heavy atom. The molecule has 1 saturated heterocycles. The van der Waals surface area contributed by atoms with Crippen LogP contribution in [0.25, 0.3) is 0 Å². The summed E-state index contributed by atoms with van der Waals surface area (Å²) in [7, 11) is 0. The van der Waals surface area contributed by atoms with Gasteiger partial charge in [0.2, 0.25) is 0 Å². The van der Waals surface area contributed by atoms with Crippen LogP contribution in [0.15, 0.2) is 30.3 Å². The van der Waals surface area contributed by atoms with E-state index in [-0.39, 0.29) is 12.1 Å². The monoisotopic (exact) mass is 333 g/mol. The molecule has 6 heteroatoms. The molecule has 1 aliphatic heterocycles. The Kier molecular flexibility index (Phi) is 5.49. The quantitative estimate of drug-likeness (QED) is 0.778. The highest BCUT2D eigenvalue weighted by Gasteiger charge is 2.45. The molecule has 24 heavy (non-hydrogen) atoms. The SMILES string of the molecule is CCOC(=O)C(C)(C)N1CN(C(C)C)CN(c2ccccc2)C1=O. The van der Waals surface area contributed by atoms with Crippen molar-refractivity contribution in [1.29, 1.82) is 0 Å². The molecule has 1 heterocycles. The summed E-state index contributed by atoms with van der Waals surface area (Å²) in [4.78, 5) is 30.9. The van der Waals surface area contributed by atoms with E-state index in [1.165, 1.54) is 0 Å². The molecular formula is C18H27N3O3. The largest absolute Gasteiger partial charge is 0.464 e. The number of urea groups is 1. The molecule has 0 unspecified atom stereocenters. The van der Waals surface area contributed by atoms with Crippen molar-refractivity contribution in [1.82, 2.24) is 9.80 Å². The van der Waals surface area contributed by atoms with E-state index in [9.17, 15) is 9.59 Å². The molecule has 2 amide bonds. The minimum Gasteiger partial charge on any atom is -0.464 e. The van der Waals surface area contributed by atoms with Crippen molar-refractivity contribution in [2.45, 2.75) is 46.2 Å². The molecule has 1 fully saturated rings. The Morgan fingerprint density at radius 2 is 1.83 bits per heavy atom. The van der Waals surface area contributed by atoms with Crippen molar-refractivity contribution < 1.29 is 14.3 Å². The fourth-order valence-electron chi connectivity index (χ4n) is 2.64. The molecule has 0 aromatic heterocycles. The number of benzene rings is 1. The molecule has 0 spiro atoms. The number of ether oxygens (including phenoxy) is 1. The molecule has 1 aromatic rings. The average molecular weight is 333 g/mol. The van der Waals surface area contributed by atoms with Crippen LogP contribution in [0, 0.1) is 0 Å². The lowest BCUT2D eigenvalue weighted by molar-refractivity contribution is -0.155. The first-order valence-corrected chi connectivity index (χ1v) is 8.34. The van der Waals surface area contributed by atoms with Gasteiger partial charge < -0.3 is 4.74 Å². The maximum Gasteiger partial charge on any atom is 0.331 e. The molecule has 0 bridgehead atoms. The van der Waals surface area contributed by atoms with Crippen LogP contribution in [-0.2, 0) is 9.53 Å². The van der Waals surface area contributed by atoms with Crippen LogP contribution in [0.5, 0.6) is 0 Å². The van der Waals surface area contributed by atoms with Gasteiger partial charge in [-0.2, -0.15) is 0 Å². The smallest absolute Gasteiger partial charge is 0.331 e. The zero-order valence-electron chi connectivity index (χ0n) is 15.2. The summed E-state index contributed by atoms with van der Waals surface area (Å²) in [5, 5.41) is 0. The van der Waals surface area contributed by atoms with Gasteiger partial charge in [0.1, 0.15) is 5.54 Å². The predicted molar refractivity (Wildman–Crippen MR) is 93.6 cm³/mol. The normalized spacial score (nSPS) is 16.7. The molecule has 1 aromatic carbocycles. The number of amides is 2. The molecule has 0 saturated carbocycles. The molecular weight excluding hydrogens is 306 g/mol. The van der Waals surface area contributed by atoms with Gasteiger partial charge in [0.05, 0.1) is 19.9 Å². The second kappa shape index (κ2) is 7.21. The highest BCUT2D eigenvalue weighted by atomic mass is 16.5. The number of para-hydroxylation sites is 1. The molecule has 1 aliphatic rings. The average Bonchev–Trinajstić information content (AvgIpc) is 2.55. The highest BCUT2D eigenvalue weighted by Crippen LogP contribution is 2.27. The van der Waals surface area contributed by atoms with Crippen LogP contribution in [0.4, 0.5) is 10.5 Å². The summed E-state index contributed by atoms with van der Waals surface area (Å²) in [6.07, 6.45) is 0. The van der Waals surface area contributed by atoms with Crippen molar-refractivity contribution in [3.8, 4) is 0 Å². The number of esters is 1. The molecule has 2 rings (SSSR count). The van der Waals surface area contributed by atoms with Crippen molar-refractivity contribution in [3.63, 3.8) is 0 Å². The maximum absolute atomic E-state index is 13.1. The molecule has 0 radical (unpaired) electrons. The standard InChI is InChI=1S/C18H27N3O3/c1-6-24-16(22)18(4,5)21-13-19(14(2)3)12-20(17(21)23)15-10-8-7-9-11-15/h7-11,14H,6,12-13H2,1-5H3. The molecule has 132 valence electrons. The van der Waals surface area contributed by atoms with E-state index in [0.717, 1.165) is 5.69 Å². The van der Waals surface area contributed by atoms with Crippen LogP contribution >= 0.6 is 0 Å². The summed E-state index contributed by atoms with van der Waals surface area (Å²) in [5.74, 6) is -0.392. The van der Waals surface area contributed by atoms with E-state index >= 15 is 0 Å². The fourth-order valence-corrected chi connectivity index (χ4v) is 2.64. The molecule has 0 atom stereocenters. The van der Waals surface area contributed by atoms with Gasteiger partial charge in [0, 0.05) is 11.7 Å². The zero-order valence-corrected chi connectivity index (χ0v) is 15.2. The lowest BCUT2D eigenvalue weighted by Crippen LogP contribution is -2.67. The second-order valence-electron chi connectivity index (χ2n) is 6.72. The van der Waals surface area contributed by atoms with E-state index in [4.69, 9.17) is 4.74 Å². The fraction of sp³-hybridized carbons (Fsp3) is 0.556. The Bertz CT molecular complexity index is 586. The predicted octanol–water partition coefficient (Wildman–Crippen LogP) is 2.90. The van der Waals surface area contributed by atoms with Gasteiger partial charge in [0.25, 0.3) is 0 Å². The van der Waals surface area contributed by atoms with Crippen molar-refractivity contribution >= 4 is 17.7 Å². The molecule has 0 N–H and O–H groups in total. The molecule has 6 nitrogen and oxygen atoms in total. The summed E-state index contributed by atoms with van der Waals surface area (Å²) >= 11 is 0. The zero-order chi connectivity index (χ0) is 17.9. The number of nitrogens with zero attached hydrogens (tertiary/aromatic N) is 3. The summed E-state index contributed by atoms with van der Waals surface area (Å²) in [5.41, 5.74) is -0.217. The van der Waals surface area contributed by atoms with Crippen molar-refractivity contribution in [3.05, 3.63) is 30.3 Å². The second-order valence-corrected chi connectivity index (χ2v) is 6.72. The number of anilines is 1. The topological polar surface area (TPSA) is 53.1 Å². The number of rotatable bonds is 5. The third-order valence-electron chi connectivity index (χ3n) is 4.36. The Morgan fingerprint density at radius 3 is 2.38 bits per heavy atom. The molecule has 0 aliphatic carbocycles. The van der Waals surface area contributed by atoms with Crippen LogP contribution in [-0.4, -0.2) is 53.3 Å². The van der Waals surface area contributed by atoms with Gasteiger partial charge in [-0.05, 0) is 46.8 Å². The van der Waals surface area contributed by atoms with E-state index in [1.54, 1.807) is 30.6 Å². The minimum atomic E-state index is -1.03. The Hall–Kier alpha value is -2.08. The van der Waals surface area contributed by atoms with E-state index in [2.05, 4.69) is 18.7 Å². The van der Waals surface area contributed by atoms with Crippen LogP contribution < -0.4 is 4.90 Å². The van der Waals surface area contributed by atoms with E-state index in [0.29, 0.717) is 19.9 Å². The van der Waals surface area contributed by atoms with Crippen LogP contribution in [0.3, 0.4) is 0 Å². The van der Waals surface area contributed by atoms with Crippen molar-refractivity contribution in [2.24, 2.45) is 0 Å². The summed E-state index contributed by atoms with van der Waals surface area (Å²) in [6.45, 7) is 10.6. The highest BCUT2D eigenvalue weighted by molar-refractivity contribution is 5.96. The van der Waals surface area contributed by atoms with Crippen molar-refractivity contribution in [2.75, 3.05) is 24.8 Å². The Labute approximate surface area is 144 Å². The number of hydrogen-bond donors (Lipinski definition) is 0. The van der Waals surface area contributed by atoms with Gasteiger partial charge in [0.15, 0.2) is 0 Å². The van der Waals surface area contributed by atoms with Gasteiger partial charge in [-0.1, -0.05) is 18.2 Å². The third-order valence-corrected chi connectivity index (χ3v) is 4.36. The van der Waals surface area contributed by atoms with Gasteiger partial charge in [-0.3, -0.25) is 14.7 Å². The summed E-state index contributed by atoms with van der Waals surface area (Å²) in [6, 6.07) is 9.57. The number of carbonyl (C=O) groups excluding carboxylic acids is 2. The first-order chi connectivity index (χ1) is 11.3. The minimum absolute atomic E-state index is 0.184. The first-order valence-electron chi connectivity index (χ1n) is 8.34. The first kappa shape index (κ1) is 18.3. The van der Waals surface area contributed by atoms with Crippen LogP contribution in [0.2, 0.25) is 0 Å². The summed E-state index contributed by atoms with van der Waals surface area (Å²) < 4.78 is 5.18. The van der Waals surface area contributed by atoms with Gasteiger partial charge in [-0.25, -0.2) is 9.59 Å². The third kappa shape index (κ3) is 3.53. The lowest BCUT2D eigenvalue weighted by Gasteiger charge is -2.48. The van der Waals surface area contributed by atoms with Crippen LogP contribution in [0.1, 0.15) is 34.6 Å².